The Morgan fingerprint density at radius 3 is 3.10 bits per heavy atom. The summed E-state index contributed by atoms with van der Waals surface area (Å²) in [5.74, 6) is 0.461. The average molecular weight is 139 g/mol. The number of benzene rings is 1. The smallest absolute Gasteiger partial charge is 0.228 e. The number of alkyl halides is 1. The molecule has 0 saturated heterocycles. The van der Waals surface area contributed by atoms with Crippen LogP contribution < -0.4 is 4.74 Å². The fourth-order valence-electron chi connectivity index (χ4n) is 0.694. The van der Waals surface area contributed by atoms with Crippen LogP contribution in [0.2, 0.25) is 0 Å². The lowest BCUT2D eigenvalue weighted by molar-refractivity contribution is 0.191. The van der Waals surface area contributed by atoms with E-state index < -0.39 is 6.86 Å². The van der Waals surface area contributed by atoms with Gasteiger partial charge >= 0.3 is 0 Å². The minimum atomic E-state index is -0.792. The molecule has 0 aliphatic heterocycles. The molecule has 1 aromatic rings. The van der Waals surface area contributed by atoms with E-state index >= 15 is 0 Å². The molecule has 0 atom stereocenters. The molecule has 0 saturated carbocycles. The summed E-state index contributed by atoms with van der Waals surface area (Å²) in [7, 11) is 0. The molecule has 53 valence electrons. The average Bonchev–Trinajstić information content (AvgIpc) is 1.88. The van der Waals surface area contributed by atoms with Crippen molar-refractivity contribution >= 4 is 0 Å². The number of hydrogen-bond donors (Lipinski definition) is 0. The fraction of sp³-hybridized carbons (Fsp3) is 0.250. The molecule has 1 nitrogen and oxygen atoms in total. The van der Waals surface area contributed by atoms with Gasteiger partial charge in [0.05, 0.1) is 0 Å². The van der Waals surface area contributed by atoms with Crippen LogP contribution in [0.15, 0.2) is 18.2 Å². The van der Waals surface area contributed by atoms with Gasteiger partial charge in [0.2, 0.25) is 6.86 Å². The standard InChI is InChI=1S/C8H8FO/c1-7-3-2-4-8(5-7)10-6-9/h2-3,5H,6H2,1H3. The Hall–Kier alpha value is -1.05. The van der Waals surface area contributed by atoms with Crippen molar-refractivity contribution in [1.29, 1.82) is 0 Å². The van der Waals surface area contributed by atoms with E-state index in [0.717, 1.165) is 5.56 Å². The first-order valence-corrected chi connectivity index (χ1v) is 3.00. The van der Waals surface area contributed by atoms with Crippen molar-refractivity contribution in [3.8, 4) is 5.75 Å². The summed E-state index contributed by atoms with van der Waals surface area (Å²) in [5.41, 5.74) is 1.04. The first kappa shape index (κ1) is 7.06. The molecule has 0 aliphatic rings. The second-order valence-electron chi connectivity index (χ2n) is 1.98. The molecule has 0 unspecified atom stereocenters. The number of halogens is 1. The van der Waals surface area contributed by atoms with Crippen LogP contribution in [0.1, 0.15) is 5.56 Å². The van der Waals surface area contributed by atoms with Crippen LogP contribution in [-0.4, -0.2) is 6.86 Å². The normalized spacial score (nSPS) is 9.40. The van der Waals surface area contributed by atoms with E-state index in [2.05, 4.69) is 10.8 Å². The highest BCUT2D eigenvalue weighted by atomic mass is 19.1. The monoisotopic (exact) mass is 139 g/mol. The van der Waals surface area contributed by atoms with E-state index in [1.807, 2.05) is 13.0 Å². The van der Waals surface area contributed by atoms with E-state index in [0.29, 0.717) is 5.75 Å². The highest BCUT2D eigenvalue weighted by molar-refractivity contribution is 5.25. The Bertz CT molecular complexity index is 210. The zero-order valence-corrected chi connectivity index (χ0v) is 5.73. The van der Waals surface area contributed by atoms with Gasteiger partial charge in [-0.15, -0.1) is 0 Å². The minimum Gasteiger partial charge on any atom is -0.462 e. The molecule has 10 heavy (non-hydrogen) atoms. The number of rotatable bonds is 2. The Morgan fingerprint density at radius 1 is 1.70 bits per heavy atom. The predicted molar refractivity (Wildman–Crippen MR) is 36.6 cm³/mol. The van der Waals surface area contributed by atoms with Gasteiger partial charge in [-0.25, -0.2) is 4.39 Å². The maximum absolute atomic E-state index is 11.6. The Morgan fingerprint density at radius 2 is 2.50 bits per heavy atom. The van der Waals surface area contributed by atoms with Crippen molar-refractivity contribution in [1.82, 2.24) is 0 Å². The van der Waals surface area contributed by atoms with Crippen molar-refractivity contribution in [2.75, 3.05) is 6.86 Å². The van der Waals surface area contributed by atoms with Crippen molar-refractivity contribution < 1.29 is 9.13 Å². The largest absolute Gasteiger partial charge is 0.462 e. The molecule has 2 heteroatoms. The predicted octanol–water partition coefficient (Wildman–Crippen LogP) is 2.10. The summed E-state index contributed by atoms with van der Waals surface area (Å²) in [5, 5.41) is 0. The highest BCUT2D eigenvalue weighted by Gasteiger charge is 1.90. The van der Waals surface area contributed by atoms with Crippen molar-refractivity contribution in [3.63, 3.8) is 0 Å². The van der Waals surface area contributed by atoms with Crippen LogP contribution in [0.3, 0.4) is 0 Å². The van der Waals surface area contributed by atoms with Gasteiger partial charge in [0, 0.05) is 6.07 Å². The summed E-state index contributed by atoms with van der Waals surface area (Å²) in [6, 6.07) is 8.07. The first-order valence-electron chi connectivity index (χ1n) is 3.00. The molecular weight excluding hydrogens is 131 g/mol. The topological polar surface area (TPSA) is 9.23 Å². The lowest BCUT2D eigenvalue weighted by Crippen LogP contribution is -1.89. The molecule has 0 aromatic heterocycles. The lowest BCUT2D eigenvalue weighted by Gasteiger charge is -1.99. The second-order valence-corrected chi connectivity index (χ2v) is 1.98. The minimum absolute atomic E-state index is 0.461. The van der Waals surface area contributed by atoms with E-state index in [4.69, 9.17) is 0 Å². The quantitative estimate of drug-likeness (QED) is 0.609. The molecule has 0 fully saturated rings. The molecule has 0 amide bonds. The molecular formula is C8H8FO. The van der Waals surface area contributed by atoms with Crippen molar-refractivity contribution in [2.45, 2.75) is 6.92 Å². The Balaban J connectivity index is 2.75. The number of hydrogen-bond acceptors (Lipinski definition) is 1. The molecule has 0 bridgehead atoms. The van der Waals surface area contributed by atoms with E-state index in [1.165, 1.54) is 0 Å². The highest BCUT2D eigenvalue weighted by Crippen LogP contribution is 2.10. The van der Waals surface area contributed by atoms with Gasteiger partial charge in [0.1, 0.15) is 5.75 Å². The zero-order valence-electron chi connectivity index (χ0n) is 5.73. The van der Waals surface area contributed by atoms with Gasteiger partial charge in [-0.1, -0.05) is 12.1 Å². The SMILES string of the molecule is Cc1cc[c]c(OCF)c1. The molecule has 0 heterocycles. The van der Waals surface area contributed by atoms with Gasteiger partial charge in [-0.05, 0) is 18.6 Å². The lowest BCUT2D eigenvalue weighted by atomic mass is 10.2. The van der Waals surface area contributed by atoms with Gasteiger partial charge < -0.3 is 4.74 Å². The second kappa shape index (κ2) is 3.20. The number of aryl methyl sites for hydroxylation is 1. The van der Waals surface area contributed by atoms with Crippen molar-refractivity contribution in [2.24, 2.45) is 0 Å². The fourth-order valence-corrected chi connectivity index (χ4v) is 0.694. The maximum Gasteiger partial charge on any atom is 0.228 e. The molecule has 0 aliphatic carbocycles. The third-order valence-electron chi connectivity index (χ3n) is 1.14. The van der Waals surface area contributed by atoms with E-state index in [1.54, 1.807) is 12.1 Å². The van der Waals surface area contributed by atoms with Gasteiger partial charge in [-0.3, -0.25) is 0 Å². The van der Waals surface area contributed by atoms with Gasteiger partial charge in [0.25, 0.3) is 0 Å². The third-order valence-corrected chi connectivity index (χ3v) is 1.14. The zero-order chi connectivity index (χ0) is 7.40. The molecule has 0 N–H and O–H groups in total. The van der Waals surface area contributed by atoms with Crippen molar-refractivity contribution in [3.05, 3.63) is 29.8 Å². The van der Waals surface area contributed by atoms with Crippen LogP contribution >= 0.6 is 0 Å². The Labute approximate surface area is 59.4 Å². The summed E-state index contributed by atoms with van der Waals surface area (Å²) >= 11 is 0. The third kappa shape index (κ3) is 1.72. The van der Waals surface area contributed by atoms with Crippen LogP contribution in [-0.2, 0) is 0 Å². The van der Waals surface area contributed by atoms with Gasteiger partial charge in [-0.2, -0.15) is 0 Å². The molecule has 1 aromatic carbocycles. The summed E-state index contributed by atoms with van der Waals surface area (Å²) < 4.78 is 16.1. The van der Waals surface area contributed by atoms with Gasteiger partial charge in [0.15, 0.2) is 0 Å². The summed E-state index contributed by atoms with van der Waals surface area (Å²) in [6.07, 6.45) is 0. The number of ether oxygens (including phenoxy) is 1. The van der Waals surface area contributed by atoms with Crippen LogP contribution in [0, 0.1) is 13.0 Å². The summed E-state index contributed by atoms with van der Waals surface area (Å²) in [4.78, 5) is 0. The molecule has 1 radical (unpaired) electrons. The maximum atomic E-state index is 11.6. The summed E-state index contributed by atoms with van der Waals surface area (Å²) in [6.45, 7) is 1.12. The van der Waals surface area contributed by atoms with E-state index in [-0.39, 0.29) is 0 Å². The molecule has 0 spiro atoms. The molecule has 1 rings (SSSR count). The first-order chi connectivity index (χ1) is 4.83. The Kier molecular flexibility index (Phi) is 2.26. The van der Waals surface area contributed by atoms with Crippen LogP contribution in [0.4, 0.5) is 4.39 Å². The van der Waals surface area contributed by atoms with Crippen LogP contribution in [0.25, 0.3) is 0 Å². The van der Waals surface area contributed by atoms with Crippen LogP contribution in [0.5, 0.6) is 5.75 Å². The van der Waals surface area contributed by atoms with E-state index in [9.17, 15) is 4.39 Å².